The van der Waals surface area contributed by atoms with Crippen LogP contribution in [0.5, 0.6) is 0 Å². The van der Waals surface area contributed by atoms with Crippen LogP contribution in [-0.4, -0.2) is 81.4 Å². The quantitative estimate of drug-likeness (QED) is 0.747. The summed E-state index contributed by atoms with van der Waals surface area (Å²) in [5.74, 6) is 0. The number of nitrogens with zero attached hydrogens (tertiary/aromatic N) is 3. The van der Waals surface area contributed by atoms with Gasteiger partial charge in [-0.2, -0.15) is 12.7 Å². The number of hydrogen-bond donors (Lipinski definition) is 1. The molecule has 0 bridgehead atoms. The fourth-order valence-corrected chi connectivity index (χ4v) is 4.16. The van der Waals surface area contributed by atoms with E-state index in [4.69, 9.17) is 0 Å². The lowest BCUT2D eigenvalue weighted by Gasteiger charge is -2.36. The third-order valence-electron chi connectivity index (χ3n) is 4.41. The molecule has 2 rings (SSSR count). The molecule has 0 aliphatic carbocycles. The smallest absolute Gasteiger partial charge is 0.279 e. The Hall–Kier alpha value is -0.210. The molecule has 1 atom stereocenters. The van der Waals surface area contributed by atoms with Gasteiger partial charge >= 0.3 is 0 Å². The Morgan fingerprint density at radius 3 is 2.25 bits per heavy atom. The van der Waals surface area contributed by atoms with Crippen molar-refractivity contribution in [1.82, 2.24) is 18.8 Å². The first-order valence-corrected chi connectivity index (χ1v) is 9.10. The number of hydrogen-bond acceptors (Lipinski definition) is 4. The van der Waals surface area contributed by atoms with Gasteiger partial charge in [0.2, 0.25) is 0 Å². The fraction of sp³-hybridized carbons (Fsp3) is 1.00. The maximum absolute atomic E-state index is 12.0. The minimum Gasteiger partial charge on any atom is -0.304 e. The van der Waals surface area contributed by atoms with E-state index in [1.807, 2.05) is 0 Å². The number of nitrogens with one attached hydrogen (secondary N) is 1. The van der Waals surface area contributed by atoms with Crippen LogP contribution in [0.3, 0.4) is 0 Å². The van der Waals surface area contributed by atoms with E-state index >= 15 is 0 Å². The zero-order valence-corrected chi connectivity index (χ0v) is 13.5. The van der Waals surface area contributed by atoms with Crippen molar-refractivity contribution in [3.05, 3.63) is 0 Å². The highest BCUT2D eigenvalue weighted by Crippen LogP contribution is 2.12. The lowest BCUT2D eigenvalue weighted by molar-refractivity contribution is 0.115. The number of piperazine rings is 1. The molecule has 2 fully saturated rings. The highest BCUT2D eigenvalue weighted by molar-refractivity contribution is 7.87. The van der Waals surface area contributed by atoms with Crippen molar-refractivity contribution < 1.29 is 8.42 Å². The van der Waals surface area contributed by atoms with Crippen molar-refractivity contribution in [2.75, 3.05) is 52.9 Å². The average molecular weight is 304 g/mol. The normalized spacial score (nSPS) is 25.1. The van der Waals surface area contributed by atoms with Crippen LogP contribution in [0.2, 0.25) is 0 Å². The van der Waals surface area contributed by atoms with Crippen molar-refractivity contribution in [3.8, 4) is 0 Å². The van der Waals surface area contributed by atoms with Gasteiger partial charge in [-0.15, -0.1) is 0 Å². The average Bonchev–Trinajstić information content (AvgIpc) is 2.94. The third kappa shape index (κ3) is 4.39. The maximum Gasteiger partial charge on any atom is 0.279 e. The van der Waals surface area contributed by atoms with Gasteiger partial charge < -0.3 is 4.90 Å². The first kappa shape index (κ1) is 16.2. The lowest BCUT2D eigenvalue weighted by Crippen LogP contribution is -2.49. The van der Waals surface area contributed by atoms with Gasteiger partial charge in [0.15, 0.2) is 0 Å². The van der Waals surface area contributed by atoms with Gasteiger partial charge in [-0.05, 0) is 33.2 Å². The standard InChI is InChI=1S/C13H28N4O2S/c1-13(16-11-9-15(2)10-12-16)5-6-14-20(18,19)17-7-3-4-8-17/h13-14H,3-12H2,1-2H3. The topological polar surface area (TPSA) is 55.9 Å². The van der Waals surface area contributed by atoms with Crippen molar-refractivity contribution in [3.63, 3.8) is 0 Å². The van der Waals surface area contributed by atoms with E-state index in [2.05, 4.69) is 28.5 Å². The Morgan fingerprint density at radius 2 is 1.65 bits per heavy atom. The van der Waals surface area contributed by atoms with Crippen LogP contribution < -0.4 is 4.72 Å². The van der Waals surface area contributed by atoms with E-state index in [1.54, 1.807) is 4.31 Å². The molecule has 2 saturated heterocycles. The summed E-state index contributed by atoms with van der Waals surface area (Å²) in [5.41, 5.74) is 0. The van der Waals surface area contributed by atoms with Gasteiger partial charge in [-0.25, -0.2) is 4.72 Å². The Kier molecular flexibility index (Phi) is 5.80. The summed E-state index contributed by atoms with van der Waals surface area (Å²) in [7, 11) is -1.09. The van der Waals surface area contributed by atoms with E-state index < -0.39 is 10.2 Å². The SMILES string of the molecule is CC(CCNS(=O)(=O)N1CCCC1)N1CCN(C)CC1. The van der Waals surface area contributed by atoms with Gasteiger partial charge in [0.25, 0.3) is 10.2 Å². The van der Waals surface area contributed by atoms with Gasteiger partial charge in [0.05, 0.1) is 0 Å². The molecule has 2 aliphatic heterocycles. The molecule has 0 spiro atoms. The predicted molar refractivity (Wildman–Crippen MR) is 80.9 cm³/mol. The zero-order valence-electron chi connectivity index (χ0n) is 12.7. The van der Waals surface area contributed by atoms with Crippen LogP contribution in [0.4, 0.5) is 0 Å². The molecule has 0 radical (unpaired) electrons. The Labute approximate surface area is 123 Å². The molecule has 0 aromatic heterocycles. The van der Waals surface area contributed by atoms with E-state index in [9.17, 15) is 8.42 Å². The molecule has 2 heterocycles. The van der Waals surface area contributed by atoms with Crippen LogP contribution in [0, 0.1) is 0 Å². The molecular formula is C13H28N4O2S. The molecule has 2 aliphatic rings. The second-order valence-electron chi connectivity index (χ2n) is 5.98. The molecule has 0 aromatic carbocycles. The van der Waals surface area contributed by atoms with E-state index in [0.29, 0.717) is 25.7 Å². The first-order chi connectivity index (χ1) is 9.49. The monoisotopic (exact) mass is 304 g/mol. The zero-order chi connectivity index (χ0) is 14.6. The molecule has 1 N–H and O–H groups in total. The summed E-state index contributed by atoms with van der Waals surface area (Å²) >= 11 is 0. The summed E-state index contributed by atoms with van der Waals surface area (Å²) < 4.78 is 28.4. The summed E-state index contributed by atoms with van der Waals surface area (Å²) in [4.78, 5) is 4.78. The van der Waals surface area contributed by atoms with Gasteiger partial charge in [-0.3, -0.25) is 4.90 Å². The second kappa shape index (κ2) is 7.17. The minimum atomic E-state index is -3.24. The summed E-state index contributed by atoms with van der Waals surface area (Å²) in [5, 5.41) is 0. The Balaban J connectivity index is 1.69. The molecule has 0 amide bonds. The van der Waals surface area contributed by atoms with Crippen LogP contribution in [0.25, 0.3) is 0 Å². The third-order valence-corrected chi connectivity index (χ3v) is 6.03. The fourth-order valence-electron chi connectivity index (χ4n) is 2.86. The molecule has 118 valence electrons. The highest BCUT2D eigenvalue weighted by atomic mass is 32.2. The highest BCUT2D eigenvalue weighted by Gasteiger charge is 2.25. The summed E-state index contributed by atoms with van der Waals surface area (Å²) in [6.45, 7) is 8.43. The van der Waals surface area contributed by atoms with Crippen LogP contribution in [0.1, 0.15) is 26.2 Å². The summed E-state index contributed by atoms with van der Waals surface area (Å²) in [6.07, 6.45) is 2.84. The maximum atomic E-state index is 12.0. The van der Waals surface area contributed by atoms with Crippen LogP contribution in [-0.2, 0) is 10.2 Å². The van der Waals surface area contributed by atoms with Gasteiger partial charge in [0, 0.05) is 51.9 Å². The summed E-state index contributed by atoms with van der Waals surface area (Å²) in [6, 6.07) is 0.435. The first-order valence-electron chi connectivity index (χ1n) is 7.66. The largest absolute Gasteiger partial charge is 0.304 e. The van der Waals surface area contributed by atoms with Gasteiger partial charge in [-0.1, -0.05) is 0 Å². The van der Waals surface area contributed by atoms with Crippen molar-refractivity contribution in [1.29, 1.82) is 0 Å². The molecular weight excluding hydrogens is 276 g/mol. The van der Waals surface area contributed by atoms with Gasteiger partial charge in [0.1, 0.15) is 0 Å². The Morgan fingerprint density at radius 1 is 1.05 bits per heavy atom. The second-order valence-corrected chi connectivity index (χ2v) is 7.74. The molecule has 20 heavy (non-hydrogen) atoms. The molecule has 0 saturated carbocycles. The van der Waals surface area contributed by atoms with E-state index in [-0.39, 0.29) is 0 Å². The van der Waals surface area contributed by atoms with Crippen molar-refractivity contribution >= 4 is 10.2 Å². The minimum absolute atomic E-state index is 0.435. The predicted octanol–water partition coefficient (Wildman–Crippen LogP) is -0.0574. The van der Waals surface area contributed by atoms with E-state index in [0.717, 1.165) is 45.4 Å². The Bertz CT molecular complexity index is 387. The molecule has 6 nitrogen and oxygen atoms in total. The van der Waals surface area contributed by atoms with E-state index in [1.165, 1.54) is 0 Å². The number of rotatable bonds is 6. The molecule has 0 aromatic rings. The van der Waals surface area contributed by atoms with Crippen molar-refractivity contribution in [2.45, 2.75) is 32.2 Å². The number of likely N-dealkylation sites (N-methyl/N-ethyl adjacent to an activating group) is 1. The van der Waals surface area contributed by atoms with Crippen molar-refractivity contribution in [2.24, 2.45) is 0 Å². The van der Waals surface area contributed by atoms with Crippen LogP contribution >= 0.6 is 0 Å². The van der Waals surface area contributed by atoms with Crippen LogP contribution in [0.15, 0.2) is 0 Å². The lowest BCUT2D eigenvalue weighted by atomic mass is 10.2. The molecule has 1 unspecified atom stereocenters. The molecule has 7 heteroatoms.